The van der Waals surface area contributed by atoms with Crippen LogP contribution in [-0.4, -0.2) is 99.6 Å². The molecule has 1 N–H and O–H groups in total. The Morgan fingerprint density at radius 2 is 1.75 bits per heavy atom. The van der Waals surface area contributed by atoms with E-state index in [0.717, 1.165) is 24.8 Å². The number of hydrogen-bond donors (Lipinski definition) is 1. The van der Waals surface area contributed by atoms with Crippen molar-refractivity contribution in [1.29, 1.82) is 0 Å². The second-order valence-corrected chi connectivity index (χ2v) is 16.9. The summed E-state index contributed by atoms with van der Waals surface area (Å²) in [5.74, 6) is -2.85. The minimum Gasteiger partial charge on any atom is -0.455 e. The lowest BCUT2D eigenvalue weighted by molar-refractivity contribution is -0.164. The van der Waals surface area contributed by atoms with E-state index in [1.54, 1.807) is 29.0 Å². The number of likely N-dealkylation sites (N-methyl/N-ethyl adjacent to an activating group) is 1. The van der Waals surface area contributed by atoms with Crippen molar-refractivity contribution in [3.05, 3.63) is 61.2 Å². The molecule has 0 unspecified atom stereocenters. The molecule has 0 radical (unpaired) electrons. The minimum atomic E-state index is -1.17. The van der Waals surface area contributed by atoms with Crippen molar-refractivity contribution >= 4 is 23.7 Å². The van der Waals surface area contributed by atoms with Gasteiger partial charge in [0.05, 0.1) is 24.0 Å². The van der Waals surface area contributed by atoms with Crippen molar-refractivity contribution in [2.24, 2.45) is 17.3 Å². The van der Waals surface area contributed by atoms with Crippen LogP contribution in [0, 0.1) is 17.3 Å². The van der Waals surface area contributed by atoms with E-state index in [2.05, 4.69) is 47.8 Å². The predicted molar refractivity (Wildman–Crippen MR) is 202 cm³/mol. The number of benzene rings is 1. The number of amides is 3. The van der Waals surface area contributed by atoms with Crippen LogP contribution in [0.1, 0.15) is 111 Å². The molecule has 3 heterocycles. The smallest absolute Gasteiger partial charge is 0.313 e. The Morgan fingerprint density at radius 3 is 2.37 bits per heavy atom. The quantitative estimate of drug-likeness (QED) is 0.102. The molecule has 1 aromatic rings. The molecule has 10 heteroatoms. The van der Waals surface area contributed by atoms with Gasteiger partial charge in [-0.05, 0) is 70.3 Å². The van der Waals surface area contributed by atoms with Gasteiger partial charge in [-0.2, -0.15) is 0 Å². The van der Waals surface area contributed by atoms with Crippen molar-refractivity contribution in [2.75, 3.05) is 26.7 Å². The second kappa shape index (κ2) is 17.1. The van der Waals surface area contributed by atoms with Gasteiger partial charge in [0, 0.05) is 38.7 Å². The Bertz CT molecular complexity index is 1440. The topological polar surface area (TPSA) is 117 Å². The molecule has 3 saturated heterocycles. The molecule has 3 aliphatic rings. The maximum Gasteiger partial charge on any atom is 0.313 e. The van der Waals surface area contributed by atoms with Crippen molar-refractivity contribution in [3.63, 3.8) is 0 Å². The molecule has 52 heavy (non-hydrogen) atoms. The van der Waals surface area contributed by atoms with Gasteiger partial charge < -0.3 is 29.3 Å². The van der Waals surface area contributed by atoms with Crippen molar-refractivity contribution < 1.29 is 33.8 Å². The molecule has 1 spiro atoms. The van der Waals surface area contributed by atoms with E-state index in [1.807, 2.05) is 42.2 Å². The Labute approximate surface area is 311 Å². The molecule has 1 aromatic carbocycles. The Kier molecular flexibility index (Phi) is 13.6. The highest BCUT2D eigenvalue weighted by Crippen LogP contribution is 2.59. The highest BCUT2D eigenvalue weighted by atomic mass is 16.6. The first-order chi connectivity index (χ1) is 24.5. The average molecular weight is 722 g/mol. The lowest BCUT2D eigenvalue weighted by atomic mass is 9.70. The molecular formula is C42H63N3O7. The lowest BCUT2D eigenvalue weighted by Crippen LogP contribution is -2.61. The van der Waals surface area contributed by atoms with Gasteiger partial charge in [-0.15, -0.1) is 13.2 Å². The molecule has 3 amide bonds. The fourth-order valence-electron chi connectivity index (χ4n) is 9.12. The van der Waals surface area contributed by atoms with Gasteiger partial charge >= 0.3 is 5.97 Å². The monoisotopic (exact) mass is 721 g/mol. The third kappa shape index (κ3) is 8.65. The van der Waals surface area contributed by atoms with Crippen LogP contribution in [0.3, 0.4) is 0 Å². The van der Waals surface area contributed by atoms with Crippen molar-refractivity contribution in [1.82, 2.24) is 14.7 Å². The first kappa shape index (κ1) is 41.3. The third-order valence-electron chi connectivity index (χ3n) is 11.3. The number of ether oxygens (including phenoxy) is 2. The van der Waals surface area contributed by atoms with Crippen LogP contribution in [0.5, 0.6) is 0 Å². The third-order valence-corrected chi connectivity index (χ3v) is 11.3. The molecule has 10 nitrogen and oxygen atoms in total. The summed E-state index contributed by atoms with van der Waals surface area (Å²) >= 11 is 0. The number of hydrogen-bond acceptors (Lipinski definition) is 7. The summed E-state index contributed by atoms with van der Waals surface area (Å²) in [5, 5.41) is 9.32. The number of aliphatic hydroxyl groups is 1. The summed E-state index contributed by atoms with van der Waals surface area (Å²) in [6.07, 6.45) is 7.55. The van der Waals surface area contributed by atoms with Gasteiger partial charge in [-0.25, -0.2) is 0 Å². The average Bonchev–Trinajstić information content (AvgIpc) is 3.73. The summed E-state index contributed by atoms with van der Waals surface area (Å²) < 4.78 is 13.2. The van der Waals surface area contributed by atoms with E-state index >= 15 is 4.79 Å². The van der Waals surface area contributed by atoms with Gasteiger partial charge in [-0.3, -0.25) is 19.2 Å². The number of rotatable bonds is 19. The zero-order valence-electron chi connectivity index (χ0n) is 32.6. The Hall–Kier alpha value is -3.50. The first-order valence-corrected chi connectivity index (χ1v) is 19.2. The van der Waals surface area contributed by atoms with Crippen LogP contribution in [-0.2, 0) is 28.7 Å². The molecule has 0 aromatic heterocycles. The van der Waals surface area contributed by atoms with Crippen molar-refractivity contribution in [3.8, 4) is 0 Å². The van der Waals surface area contributed by atoms with Crippen LogP contribution in [0.4, 0.5) is 0 Å². The van der Waals surface area contributed by atoms with E-state index in [9.17, 15) is 19.5 Å². The van der Waals surface area contributed by atoms with Gasteiger partial charge in [0.2, 0.25) is 17.7 Å². The number of likely N-dealkylation sites (tertiary alicyclic amines) is 1. The predicted octanol–water partition coefficient (Wildman–Crippen LogP) is 6.24. The maximum atomic E-state index is 15.0. The summed E-state index contributed by atoms with van der Waals surface area (Å²) in [6.45, 7) is 20.9. The lowest BCUT2D eigenvalue weighted by Gasteiger charge is -2.45. The Morgan fingerprint density at radius 1 is 1.08 bits per heavy atom. The van der Waals surface area contributed by atoms with Gasteiger partial charge in [-0.1, -0.05) is 76.1 Å². The summed E-state index contributed by atoms with van der Waals surface area (Å²) in [4.78, 5) is 62.5. The highest BCUT2D eigenvalue weighted by Gasteiger charge is 2.75. The van der Waals surface area contributed by atoms with E-state index in [1.165, 1.54) is 0 Å². The zero-order valence-corrected chi connectivity index (χ0v) is 32.6. The minimum absolute atomic E-state index is 0.0736. The fourth-order valence-corrected chi connectivity index (χ4v) is 9.12. The number of unbranched alkanes of at least 4 members (excludes halogenated alkanes) is 3. The molecule has 7 atom stereocenters. The molecule has 0 aliphatic carbocycles. The molecule has 4 rings (SSSR count). The largest absolute Gasteiger partial charge is 0.455 e. The number of nitrogens with zero attached hydrogens (tertiary/aromatic N) is 3. The second-order valence-electron chi connectivity index (χ2n) is 16.9. The number of carbonyl (C=O) groups is 4. The molecule has 3 aliphatic heterocycles. The van der Waals surface area contributed by atoms with Crippen LogP contribution in [0.15, 0.2) is 55.6 Å². The van der Waals surface area contributed by atoms with Gasteiger partial charge in [0.1, 0.15) is 17.7 Å². The Balaban J connectivity index is 1.70. The highest BCUT2D eigenvalue weighted by molar-refractivity contribution is 5.98. The normalized spacial score (nSPS) is 25.0. The molecule has 3 fully saturated rings. The van der Waals surface area contributed by atoms with E-state index < -0.39 is 53.2 Å². The molecule has 288 valence electrons. The first-order valence-electron chi connectivity index (χ1n) is 19.2. The van der Waals surface area contributed by atoms with Crippen LogP contribution in [0.2, 0.25) is 0 Å². The molecular weight excluding hydrogens is 658 g/mol. The van der Waals surface area contributed by atoms with E-state index in [0.29, 0.717) is 45.2 Å². The van der Waals surface area contributed by atoms with Crippen LogP contribution < -0.4 is 0 Å². The summed E-state index contributed by atoms with van der Waals surface area (Å²) in [7, 11) is 1.71. The zero-order chi connectivity index (χ0) is 38.4. The number of aliphatic hydroxyl groups excluding tert-OH is 1. The maximum absolute atomic E-state index is 15.0. The van der Waals surface area contributed by atoms with Crippen LogP contribution in [0.25, 0.3) is 0 Å². The molecule has 0 saturated carbocycles. The van der Waals surface area contributed by atoms with E-state index in [4.69, 9.17) is 9.47 Å². The number of esters is 1. The fraction of sp³-hybridized carbons (Fsp3) is 0.667. The van der Waals surface area contributed by atoms with Gasteiger partial charge in [0.15, 0.2) is 0 Å². The molecule has 2 bridgehead atoms. The van der Waals surface area contributed by atoms with Crippen molar-refractivity contribution in [2.45, 2.75) is 135 Å². The van der Waals surface area contributed by atoms with Gasteiger partial charge in [0.25, 0.3) is 0 Å². The summed E-state index contributed by atoms with van der Waals surface area (Å²) in [5.41, 5.74) is -1.06. The summed E-state index contributed by atoms with van der Waals surface area (Å²) in [6, 6.07) is 7.95. The SMILES string of the molecule is C=CCCC(=O)N(C)[C@H](C)[C@H](OC(=O)[C@@H]1[C@H]2C(=O)N(CCCCCCO)[C@H](C(=O)N(CC=C)C(C)(C)CC(C)(C)C)[C@]23CC[C@H]1O3)c1ccccc1. The van der Waals surface area contributed by atoms with E-state index in [-0.39, 0.29) is 36.2 Å². The van der Waals surface area contributed by atoms with Crippen LogP contribution >= 0.6 is 0 Å². The standard InChI is InChI=1S/C42H63N3O7/c1-10-12-22-32(47)43(9)29(3)35(30-20-16-15-17-21-30)51-39(50)33-31-23-24-42(52-31)34(33)37(48)44(26-18-13-14-19-27-46)36(42)38(49)45(25-11-2)41(7,8)28-40(4,5)6/h10-11,15-17,20-21,29,31,33-36,46H,1-2,12-14,18-19,22-28H2,3-9H3/t29-,31-,33+,34+,35+,36-,42+/m1/s1. The number of fused-ring (bicyclic) bond motifs is 1. The number of carbonyl (C=O) groups excluding carboxylic acids is 4. The number of allylic oxidation sites excluding steroid dienone is 1.